The molecule has 1 aliphatic rings. The van der Waals surface area contributed by atoms with Crippen LogP contribution < -0.4 is 5.32 Å². The molecule has 0 saturated carbocycles. The van der Waals surface area contributed by atoms with Crippen molar-refractivity contribution in [1.29, 1.82) is 0 Å². The van der Waals surface area contributed by atoms with Gasteiger partial charge in [-0.15, -0.1) is 0 Å². The third kappa shape index (κ3) is 1.54. The Morgan fingerprint density at radius 3 is 2.85 bits per heavy atom. The van der Waals surface area contributed by atoms with Crippen LogP contribution in [0.5, 0.6) is 0 Å². The zero-order valence-corrected chi connectivity index (χ0v) is 8.29. The normalized spacial score (nSPS) is 27.4. The Balaban J connectivity index is 2.81. The second-order valence-electron chi connectivity index (χ2n) is 3.52. The lowest BCUT2D eigenvalue weighted by Gasteiger charge is -2.28. The van der Waals surface area contributed by atoms with Crippen molar-refractivity contribution in [3.05, 3.63) is 11.8 Å². The summed E-state index contributed by atoms with van der Waals surface area (Å²) in [5.41, 5.74) is 0.272. The molecule has 1 unspecified atom stereocenters. The van der Waals surface area contributed by atoms with E-state index in [0.29, 0.717) is 6.42 Å². The van der Waals surface area contributed by atoms with Crippen molar-refractivity contribution in [2.24, 2.45) is 0 Å². The van der Waals surface area contributed by atoms with E-state index in [-0.39, 0.29) is 5.91 Å². The summed E-state index contributed by atoms with van der Waals surface area (Å²) in [5.74, 6) is -0.158. The first kappa shape index (κ1) is 10.1. The number of carbonyl (C=O) groups is 1. The second-order valence-corrected chi connectivity index (χ2v) is 3.52. The quantitative estimate of drug-likeness (QED) is 0.669. The molecule has 74 valence electrons. The van der Waals surface area contributed by atoms with Gasteiger partial charge in [0.2, 0.25) is 5.91 Å². The van der Waals surface area contributed by atoms with Crippen LogP contribution in [0.25, 0.3) is 0 Å². The van der Waals surface area contributed by atoms with Crippen molar-refractivity contribution in [3.8, 4) is 0 Å². The minimum atomic E-state index is -0.819. The lowest BCUT2D eigenvalue weighted by atomic mass is 9.95. The Morgan fingerprint density at radius 2 is 2.46 bits per heavy atom. The van der Waals surface area contributed by atoms with Crippen LogP contribution in [0.2, 0.25) is 0 Å². The van der Waals surface area contributed by atoms with Gasteiger partial charge in [0.15, 0.2) is 0 Å². The number of hydrogen-bond acceptors (Lipinski definition) is 3. The molecule has 0 aliphatic carbocycles. The molecule has 0 fully saturated rings. The molecule has 0 aromatic heterocycles. The van der Waals surface area contributed by atoms with Crippen LogP contribution in [0.4, 0.5) is 0 Å². The monoisotopic (exact) mass is 184 g/mol. The Bertz CT molecular complexity index is 250. The molecule has 0 spiro atoms. The van der Waals surface area contributed by atoms with Gasteiger partial charge in [-0.1, -0.05) is 6.92 Å². The minimum Gasteiger partial charge on any atom is -0.357 e. The van der Waals surface area contributed by atoms with E-state index in [4.69, 9.17) is 0 Å². The average Bonchev–Trinajstić information content (AvgIpc) is 2.42. The molecule has 4 heteroatoms. The summed E-state index contributed by atoms with van der Waals surface area (Å²) in [6.45, 7) is 3.74. The van der Waals surface area contributed by atoms with E-state index in [2.05, 4.69) is 5.32 Å². The van der Waals surface area contributed by atoms with Crippen LogP contribution in [-0.2, 0) is 4.79 Å². The topological polar surface area (TPSA) is 52.6 Å². The third-order valence-corrected chi connectivity index (χ3v) is 2.55. The smallest absolute Gasteiger partial charge is 0.248 e. The predicted octanol–water partition coefficient (Wildman–Crippen LogP) is 0.880. The molecule has 0 saturated heterocycles. The lowest BCUT2D eigenvalue weighted by molar-refractivity contribution is -0.154. The van der Waals surface area contributed by atoms with Crippen molar-refractivity contribution in [2.75, 3.05) is 7.05 Å². The van der Waals surface area contributed by atoms with Crippen molar-refractivity contribution in [3.63, 3.8) is 0 Å². The van der Waals surface area contributed by atoms with Gasteiger partial charge in [0, 0.05) is 19.7 Å². The van der Waals surface area contributed by atoms with Gasteiger partial charge in [0.25, 0.3) is 0 Å². The van der Waals surface area contributed by atoms with Crippen LogP contribution >= 0.6 is 0 Å². The fraction of sp³-hybridized carbons (Fsp3) is 0.667. The average molecular weight is 184 g/mol. The van der Waals surface area contributed by atoms with Crippen LogP contribution in [-0.4, -0.2) is 28.8 Å². The number of hydroxylamine groups is 2. The number of likely N-dealkylation sites (N-methyl/N-ethyl adjacent to an activating group) is 1. The molecule has 1 rings (SSSR count). The largest absolute Gasteiger partial charge is 0.357 e. The van der Waals surface area contributed by atoms with Gasteiger partial charge in [0.05, 0.1) is 0 Å². The third-order valence-electron chi connectivity index (χ3n) is 2.55. The predicted molar refractivity (Wildman–Crippen MR) is 49.1 cm³/mol. The van der Waals surface area contributed by atoms with E-state index in [1.54, 1.807) is 20.2 Å². The number of rotatable bonds is 2. The summed E-state index contributed by atoms with van der Waals surface area (Å²) in [5, 5.41) is 13.1. The zero-order valence-electron chi connectivity index (χ0n) is 8.29. The maximum atomic E-state index is 11.5. The molecule has 0 aromatic carbocycles. The first-order chi connectivity index (χ1) is 6.04. The maximum Gasteiger partial charge on any atom is 0.248 e. The summed E-state index contributed by atoms with van der Waals surface area (Å²) in [6.07, 6.45) is 3.10. The van der Waals surface area contributed by atoms with E-state index >= 15 is 0 Å². The van der Waals surface area contributed by atoms with Gasteiger partial charge in [-0.25, -0.2) is 5.06 Å². The summed E-state index contributed by atoms with van der Waals surface area (Å²) in [6, 6.07) is 0. The van der Waals surface area contributed by atoms with Crippen molar-refractivity contribution < 1.29 is 10.0 Å². The molecule has 2 N–H and O–H groups in total. The zero-order chi connectivity index (χ0) is 10.1. The fourth-order valence-electron chi connectivity index (χ4n) is 1.55. The molecule has 0 radical (unpaired) electrons. The van der Waals surface area contributed by atoms with Crippen LogP contribution in [0.3, 0.4) is 0 Å². The molecular weight excluding hydrogens is 168 g/mol. The Morgan fingerprint density at radius 1 is 1.85 bits per heavy atom. The molecule has 1 heterocycles. The first-order valence-electron chi connectivity index (χ1n) is 4.44. The summed E-state index contributed by atoms with van der Waals surface area (Å²) in [4.78, 5) is 11.5. The molecule has 13 heavy (non-hydrogen) atoms. The standard InChI is InChI=1S/C9H16N2O2/c1-4-7-5-9(2,8(12)10-3)11(13)6-7/h6,13H,4-5H2,1-3H3,(H,10,12). The SMILES string of the molecule is CCC1=CN(O)C(C)(C(=O)NC)C1. The lowest BCUT2D eigenvalue weighted by Crippen LogP contribution is -2.50. The highest BCUT2D eigenvalue weighted by molar-refractivity contribution is 5.86. The van der Waals surface area contributed by atoms with E-state index < -0.39 is 5.54 Å². The molecular formula is C9H16N2O2. The van der Waals surface area contributed by atoms with E-state index in [0.717, 1.165) is 17.1 Å². The van der Waals surface area contributed by atoms with Gasteiger partial charge in [-0.05, 0) is 18.9 Å². The Labute approximate surface area is 78.2 Å². The van der Waals surface area contributed by atoms with Crippen molar-refractivity contribution in [2.45, 2.75) is 32.2 Å². The number of nitrogens with one attached hydrogen (secondary N) is 1. The summed E-state index contributed by atoms with van der Waals surface area (Å²) in [7, 11) is 1.57. The fourth-order valence-corrected chi connectivity index (χ4v) is 1.55. The number of hydrogen-bond donors (Lipinski definition) is 2. The van der Waals surface area contributed by atoms with Gasteiger partial charge < -0.3 is 5.32 Å². The van der Waals surface area contributed by atoms with Crippen molar-refractivity contribution in [1.82, 2.24) is 10.4 Å². The van der Waals surface area contributed by atoms with E-state index in [1.165, 1.54) is 0 Å². The number of amides is 1. The van der Waals surface area contributed by atoms with Crippen LogP contribution in [0.15, 0.2) is 11.8 Å². The summed E-state index contributed by atoms with van der Waals surface area (Å²) < 4.78 is 0. The Kier molecular flexibility index (Phi) is 2.61. The van der Waals surface area contributed by atoms with Gasteiger partial charge >= 0.3 is 0 Å². The Hall–Kier alpha value is -1.03. The van der Waals surface area contributed by atoms with Gasteiger partial charge in [0.1, 0.15) is 5.54 Å². The maximum absolute atomic E-state index is 11.5. The highest BCUT2D eigenvalue weighted by Crippen LogP contribution is 2.31. The number of carbonyl (C=O) groups excluding carboxylic acids is 1. The molecule has 4 nitrogen and oxygen atoms in total. The first-order valence-corrected chi connectivity index (χ1v) is 4.44. The summed E-state index contributed by atoms with van der Waals surface area (Å²) >= 11 is 0. The van der Waals surface area contributed by atoms with E-state index in [9.17, 15) is 10.0 Å². The highest BCUT2D eigenvalue weighted by atomic mass is 16.5. The van der Waals surface area contributed by atoms with Gasteiger partial charge in [-0.2, -0.15) is 0 Å². The van der Waals surface area contributed by atoms with Crippen LogP contribution in [0.1, 0.15) is 26.7 Å². The van der Waals surface area contributed by atoms with Crippen LogP contribution in [0, 0.1) is 0 Å². The second kappa shape index (κ2) is 3.38. The minimum absolute atomic E-state index is 0.158. The van der Waals surface area contributed by atoms with Gasteiger partial charge in [-0.3, -0.25) is 10.0 Å². The highest BCUT2D eigenvalue weighted by Gasteiger charge is 2.41. The number of nitrogens with zero attached hydrogens (tertiary/aromatic N) is 1. The molecule has 1 aliphatic heterocycles. The van der Waals surface area contributed by atoms with E-state index in [1.807, 2.05) is 6.92 Å². The van der Waals surface area contributed by atoms with Crippen molar-refractivity contribution >= 4 is 5.91 Å². The molecule has 0 bridgehead atoms. The molecule has 1 amide bonds. The molecule has 0 aromatic rings. The molecule has 1 atom stereocenters.